The van der Waals surface area contributed by atoms with E-state index in [-0.39, 0.29) is 23.9 Å². The Morgan fingerprint density at radius 2 is 1.82 bits per heavy atom. The first-order valence-electron chi connectivity index (χ1n) is 13.0. The Hall–Kier alpha value is -2.08. The van der Waals surface area contributed by atoms with Crippen molar-refractivity contribution >= 4 is 12.1 Å². The molecule has 4 rings (SSSR count). The van der Waals surface area contributed by atoms with Crippen LogP contribution < -0.4 is 0 Å². The summed E-state index contributed by atoms with van der Waals surface area (Å²) < 4.78 is 10.8. The second kappa shape index (κ2) is 10.3. The van der Waals surface area contributed by atoms with E-state index in [0.29, 0.717) is 30.3 Å². The number of esters is 1. The monoisotopic (exact) mass is 470 g/mol. The van der Waals surface area contributed by atoms with Crippen LogP contribution in [0.2, 0.25) is 0 Å². The third-order valence-electron chi connectivity index (χ3n) is 8.22. The molecule has 2 aliphatic heterocycles. The summed E-state index contributed by atoms with van der Waals surface area (Å²) in [5, 5.41) is 0. The first-order chi connectivity index (χ1) is 16.2. The lowest BCUT2D eigenvalue weighted by molar-refractivity contribution is -0.148. The minimum Gasteiger partial charge on any atom is -0.469 e. The lowest BCUT2D eigenvalue weighted by Crippen LogP contribution is -2.47. The highest BCUT2D eigenvalue weighted by molar-refractivity contribution is 5.73. The summed E-state index contributed by atoms with van der Waals surface area (Å²) >= 11 is 0. The zero-order valence-corrected chi connectivity index (χ0v) is 21.4. The van der Waals surface area contributed by atoms with Gasteiger partial charge in [-0.3, -0.25) is 4.79 Å². The van der Waals surface area contributed by atoms with Crippen LogP contribution in [-0.4, -0.2) is 67.3 Å². The maximum Gasteiger partial charge on any atom is 0.410 e. The quantitative estimate of drug-likeness (QED) is 0.426. The van der Waals surface area contributed by atoms with E-state index in [1.807, 2.05) is 20.8 Å². The van der Waals surface area contributed by atoms with Crippen molar-refractivity contribution in [1.82, 2.24) is 9.80 Å². The first-order valence-corrected chi connectivity index (χ1v) is 13.0. The van der Waals surface area contributed by atoms with Gasteiger partial charge in [0.2, 0.25) is 0 Å². The Labute approximate surface area is 205 Å². The Bertz CT molecular complexity index is 832. The lowest BCUT2D eigenvalue weighted by atomic mass is 9.67. The van der Waals surface area contributed by atoms with Crippen molar-refractivity contribution in [2.45, 2.75) is 58.5 Å². The van der Waals surface area contributed by atoms with E-state index in [9.17, 15) is 9.59 Å². The number of hydrogen-bond donors (Lipinski definition) is 0. The number of allylic oxidation sites excluding steroid dienone is 6. The van der Waals surface area contributed by atoms with Crippen molar-refractivity contribution in [2.24, 2.45) is 29.1 Å². The Morgan fingerprint density at radius 1 is 1.09 bits per heavy atom. The molecule has 4 aliphatic rings. The number of carbonyl (C=O) groups is 2. The van der Waals surface area contributed by atoms with Crippen molar-refractivity contribution in [2.75, 3.05) is 39.8 Å². The van der Waals surface area contributed by atoms with E-state index in [1.54, 1.807) is 4.90 Å². The van der Waals surface area contributed by atoms with Crippen LogP contribution in [0.15, 0.2) is 36.5 Å². The zero-order chi connectivity index (χ0) is 24.3. The van der Waals surface area contributed by atoms with Crippen LogP contribution >= 0.6 is 0 Å². The van der Waals surface area contributed by atoms with Gasteiger partial charge in [-0.05, 0) is 89.8 Å². The second-order valence-corrected chi connectivity index (χ2v) is 11.6. The van der Waals surface area contributed by atoms with Gasteiger partial charge < -0.3 is 19.3 Å². The molecule has 4 unspecified atom stereocenters. The Kier molecular flexibility index (Phi) is 7.56. The molecule has 0 saturated carbocycles. The van der Waals surface area contributed by atoms with Gasteiger partial charge in [0.25, 0.3) is 0 Å². The van der Waals surface area contributed by atoms with Crippen LogP contribution in [0.1, 0.15) is 52.9 Å². The number of amides is 1. The summed E-state index contributed by atoms with van der Waals surface area (Å²) in [5.74, 6) is 0.934. The minimum absolute atomic E-state index is 0.113. The summed E-state index contributed by atoms with van der Waals surface area (Å²) in [6.07, 6.45) is 18.6. The molecule has 6 nitrogen and oxygen atoms in total. The predicted molar refractivity (Wildman–Crippen MR) is 133 cm³/mol. The summed E-state index contributed by atoms with van der Waals surface area (Å²) in [7, 11) is 1.48. The molecule has 2 saturated heterocycles. The van der Waals surface area contributed by atoms with Crippen molar-refractivity contribution in [3.63, 3.8) is 0 Å². The number of fused-ring (bicyclic) bond motifs is 2. The largest absolute Gasteiger partial charge is 0.469 e. The van der Waals surface area contributed by atoms with Gasteiger partial charge in [-0.1, -0.05) is 36.5 Å². The number of nitrogens with zero attached hydrogens (tertiary/aromatic N) is 2. The van der Waals surface area contributed by atoms with Crippen LogP contribution in [-0.2, 0) is 14.3 Å². The molecule has 0 radical (unpaired) electrons. The van der Waals surface area contributed by atoms with Gasteiger partial charge in [0.1, 0.15) is 5.60 Å². The number of carbonyl (C=O) groups excluding carboxylic acids is 2. The molecule has 0 aromatic carbocycles. The molecule has 0 aromatic rings. The first kappa shape index (κ1) is 25.0. The number of likely N-dealkylation sites (tertiary alicyclic amines) is 2. The maximum atomic E-state index is 12.8. The van der Waals surface area contributed by atoms with Crippen LogP contribution in [0.3, 0.4) is 0 Å². The molecule has 0 aromatic heterocycles. The highest BCUT2D eigenvalue weighted by Crippen LogP contribution is 2.50. The highest BCUT2D eigenvalue weighted by atomic mass is 16.6. The summed E-state index contributed by atoms with van der Waals surface area (Å²) in [5.41, 5.74) is -0.225. The van der Waals surface area contributed by atoms with Crippen LogP contribution in [0.4, 0.5) is 4.79 Å². The molecule has 2 fully saturated rings. The molecular formula is C28H42N2O4. The molecule has 4 atom stereocenters. The standard InChI is InChI=1S/C28H42N2O4/c1-27(2,3)34-26(32)30-16-7-9-22(20-30)23(25(31)33-4)12-17-29-18-14-28(15-19-29)13-11-21-8-5-6-10-24(21)28/h5-6,8,10-11,13,21-24H,7,9,12,14-20H2,1-4H3. The summed E-state index contributed by atoms with van der Waals surface area (Å²) in [6.45, 7) is 9.92. The average molecular weight is 471 g/mol. The van der Waals surface area contributed by atoms with Crippen molar-refractivity contribution < 1.29 is 19.1 Å². The maximum absolute atomic E-state index is 12.8. The number of ether oxygens (including phenoxy) is 2. The SMILES string of the molecule is COC(=O)C(CCN1CCC2(C=CC3C=CC=CC32)CC1)C1CCCN(C(=O)OC(C)(C)C)C1. The van der Waals surface area contributed by atoms with Crippen LogP contribution in [0.5, 0.6) is 0 Å². The minimum atomic E-state index is -0.518. The number of hydrogen-bond acceptors (Lipinski definition) is 5. The van der Waals surface area contributed by atoms with Gasteiger partial charge in [0.15, 0.2) is 0 Å². The average Bonchev–Trinajstić information content (AvgIpc) is 3.17. The third kappa shape index (κ3) is 5.59. The van der Waals surface area contributed by atoms with Crippen LogP contribution in [0.25, 0.3) is 0 Å². The Morgan fingerprint density at radius 3 is 2.53 bits per heavy atom. The molecule has 188 valence electrons. The molecule has 1 amide bonds. The number of rotatable bonds is 5. The van der Waals surface area contributed by atoms with Gasteiger partial charge in [0.05, 0.1) is 13.0 Å². The fraction of sp³-hybridized carbons (Fsp3) is 0.714. The second-order valence-electron chi connectivity index (χ2n) is 11.6. The highest BCUT2D eigenvalue weighted by Gasteiger charge is 2.45. The molecule has 1 spiro atoms. The van der Waals surface area contributed by atoms with Crippen molar-refractivity contribution in [3.05, 3.63) is 36.5 Å². The topological polar surface area (TPSA) is 59.1 Å². The number of piperidine rings is 2. The van der Waals surface area contributed by atoms with Crippen molar-refractivity contribution in [3.8, 4) is 0 Å². The van der Waals surface area contributed by atoms with E-state index in [0.717, 1.165) is 38.9 Å². The predicted octanol–water partition coefficient (Wildman–Crippen LogP) is 4.82. The summed E-state index contributed by atoms with van der Waals surface area (Å²) in [4.78, 5) is 29.7. The number of methoxy groups -OCH3 is 1. The van der Waals surface area contributed by atoms with E-state index < -0.39 is 5.60 Å². The van der Waals surface area contributed by atoms with Gasteiger partial charge >= 0.3 is 12.1 Å². The Balaban J connectivity index is 1.32. The molecule has 0 N–H and O–H groups in total. The molecule has 2 heterocycles. The van der Waals surface area contributed by atoms with Gasteiger partial charge in [-0.25, -0.2) is 4.79 Å². The van der Waals surface area contributed by atoms with Gasteiger partial charge in [0, 0.05) is 19.0 Å². The molecule has 0 bridgehead atoms. The van der Waals surface area contributed by atoms with Crippen LogP contribution in [0, 0.1) is 29.1 Å². The normalized spacial score (nSPS) is 29.2. The fourth-order valence-electron chi connectivity index (χ4n) is 6.34. The summed E-state index contributed by atoms with van der Waals surface area (Å²) in [6, 6.07) is 0. The molecule has 2 aliphatic carbocycles. The smallest absolute Gasteiger partial charge is 0.410 e. The molecule has 34 heavy (non-hydrogen) atoms. The molecular weight excluding hydrogens is 428 g/mol. The van der Waals surface area contributed by atoms with Gasteiger partial charge in [-0.15, -0.1) is 0 Å². The fourth-order valence-corrected chi connectivity index (χ4v) is 6.34. The van der Waals surface area contributed by atoms with Crippen molar-refractivity contribution in [1.29, 1.82) is 0 Å². The van der Waals surface area contributed by atoms with E-state index in [1.165, 1.54) is 20.0 Å². The zero-order valence-electron chi connectivity index (χ0n) is 21.4. The molecule has 6 heteroatoms. The lowest BCUT2D eigenvalue weighted by Gasteiger charge is -2.43. The van der Waals surface area contributed by atoms with Gasteiger partial charge in [-0.2, -0.15) is 0 Å². The van der Waals surface area contributed by atoms with E-state index in [2.05, 4.69) is 41.4 Å². The third-order valence-corrected chi connectivity index (χ3v) is 8.22. The van der Waals surface area contributed by atoms with E-state index in [4.69, 9.17) is 9.47 Å². The van der Waals surface area contributed by atoms with E-state index >= 15 is 0 Å².